The van der Waals surface area contributed by atoms with Gasteiger partial charge in [0.15, 0.2) is 0 Å². The number of hydrogen-bond donors (Lipinski definition) is 1. The molecule has 0 aliphatic heterocycles. The maximum absolute atomic E-state index is 12.8. The third-order valence-electron chi connectivity index (χ3n) is 4.52. The molecule has 1 aliphatic rings. The summed E-state index contributed by atoms with van der Waals surface area (Å²) in [5.41, 5.74) is 5.53. The molecule has 2 unspecified atom stereocenters. The van der Waals surface area contributed by atoms with Crippen molar-refractivity contribution in [2.45, 2.75) is 43.0 Å². The van der Waals surface area contributed by atoms with Crippen molar-refractivity contribution in [3.8, 4) is 0 Å². The minimum absolute atomic E-state index is 0.341. The molecule has 1 aromatic rings. The molecule has 1 aliphatic carbocycles. The lowest BCUT2D eigenvalue weighted by Crippen LogP contribution is -2.56. The lowest BCUT2D eigenvalue weighted by molar-refractivity contribution is 0.128. The van der Waals surface area contributed by atoms with E-state index in [1.807, 2.05) is 6.07 Å². The summed E-state index contributed by atoms with van der Waals surface area (Å²) in [6.07, 6.45) is 3.87. The van der Waals surface area contributed by atoms with Gasteiger partial charge in [-0.3, -0.25) is 0 Å². The Morgan fingerprint density at radius 2 is 2.00 bits per heavy atom. The fraction of sp³-hybridized carbons (Fsp3) is 0.600. The fourth-order valence-corrected chi connectivity index (χ4v) is 4.81. The molecular formula is C15H24N2O2S. The van der Waals surface area contributed by atoms with E-state index in [1.165, 1.54) is 4.31 Å². The van der Waals surface area contributed by atoms with Crippen LogP contribution in [0.5, 0.6) is 0 Å². The van der Waals surface area contributed by atoms with Crippen molar-refractivity contribution in [2.24, 2.45) is 11.7 Å². The molecule has 1 saturated carbocycles. The van der Waals surface area contributed by atoms with Crippen molar-refractivity contribution >= 4 is 10.0 Å². The third-order valence-corrected chi connectivity index (χ3v) is 6.49. The Morgan fingerprint density at radius 3 is 2.55 bits per heavy atom. The summed E-state index contributed by atoms with van der Waals surface area (Å²) in [6.45, 7) is 2.55. The zero-order valence-corrected chi connectivity index (χ0v) is 13.1. The first-order valence-electron chi connectivity index (χ1n) is 7.16. The average Bonchev–Trinajstić information content (AvgIpc) is 2.47. The van der Waals surface area contributed by atoms with Crippen LogP contribution in [0.2, 0.25) is 0 Å². The van der Waals surface area contributed by atoms with Crippen molar-refractivity contribution in [1.29, 1.82) is 0 Å². The fourth-order valence-electron chi connectivity index (χ4n) is 3.24. The zero-order chi connectivity index (χ0) is 14.8. The normalized spacial score (nSPS) is 27.7. The van der Waals surface area contributed by atoms with Crippen LogP contribution in [-0.2, 0) is 10.0 Å². The van der Waals surface area contributed by atoms with Gasteiger partial charge in [-0.05, 0) is 30.9 Å². The molecule has 1 fully saturated rings. The second-order valence-corrected chi connectivity index (χ2v) is 7.88. The van der Waals surface area contributed by atoms with E-state index in [2.05, 4.69) is 6.92 Å². The highest BCUT2D eigenvalue weighted by molar-refractivity contribution is 7.89. The van der Waals surface area contributed by atoms with Crippen LogP contribution in [-0.4, -0.2) is 31.9 Å². The molecule has 0 saturated heterocycles. The van der Waals surface area contributed by atoms with E-state index in [0.29, 0.717) is 17.4 Å². The molecule has 2 atom stereocenters. The highest BCUT2D eigenvalue weighted by Gasteiger charge is 2.43. The minimum atomic E-state index is -3.48. The molecule has 2 rings (SSSR count). The summed E-state index contributed by atoms with van der Waals surface area (Å²) in [6, 6.07) is 8.60. The molecule has 2 N–H and O–H groups in total. The van der Waals surface area contributed by atoms with Gasteiger partial charge < -0.3 is 5.73 Å². The first-order valence-corrected chi connectivity index (χ1v) is 8.60. The van der Waals surface area contributed by atoms with Crippen molar-refractivity contribution < 1.29 is 8.42 Å². The zero-order valence-electron chi connectivity index (χ0n) is 12.2. The summed E-state index contributed by atoms with van der Waals surface area (Å²) < 4.78 is 27.1. The predicted molar refractivity (Wildman–Crippen MR) is 80.8 cm³/mol. The van der Waals surface area contributed by atoms with Crippen molar-refractivity contribution in [1.82, 2.24) is 4.31 Å². The van der Waals surface area contributed by atoms with Crippen LogP contribution < -0.4 is 5.73 Å². The Hall–Kier alpha value is -0.910. The minimum Gasteiger partial charge on any atom is -0.329 e. The maximum Gasteiger partial charge on any atom is 0.243 e. The van der Waals surface area contributed by atoms with Crippen molar-refractivity contribution in [3.05, 3.63) is 30.3 Å². The number of nitrogens with two attached hydrogens (primary N) is 1. The van der Waals surface area contributed by atoms with Gasteiger partial charge >= 0.3 is 0 Å². The van der Waals surface area contributed by atoms with Crippen molar-refractivity contribution in [3.63, 3.8) is 0 Å². The molecule has 0 spiro atoms. The quantitative estimate of drug-likeness (QED) is 0.926. The summed E-state index contributed by atoms with van der Waals surface area (Å²) in [7, 11) is -1.81. The number of nitrogens with zero attached hydrogens (tertiary/aromatic N) is 1. The van der Waals surface area contributed by atoms with Crippen LogP contribution in [0.15, 0.2) is 35.2 Å². The summed E-state index contributed by atoms with van der Waals surface area (Å²) in [5, 5.41) is 0. The maximum atomic E-state index is 12.8. The summed E-state index contributed by atoms with van der Waals surface area (Å²) in [5.74, 6) is 0.515. The van der Waals surface area contributed by atoms with E-state index >= 15 is 0 Å². The predicted octanol–water partition coefficient (Wildman–Crippen LogP) is 2.21. The van der Waals surface area contributed by atoms with Crippen LogP contribution in [0.25, 0.3) is 0 Å². The van der Waals surface area contributed by atoms with Crippen LogP contribution in [0.1, 0.15) is 32.6 Å². The van der Waals surface area contributed by atoms with Gasteiger partial charge in [-0.15, -0.1) is 0 Å². The molecule has 0 bridgehead atoms. The Bertz CT molecular complexity index is 544. The number of benzene rings is 1. The summed E-state index contributed by atoms with van der Waals surface area (Å²) in [4.78, 5) is 0.341. The molecule has 0 aromatic heterocycles. The van der Waals surface area contributed by atoms with Gasteiger partial charge in [0.05, 0.1) is 4.90 Å². The van der Waals surface area contributed by atoms with E-state index in [0.717, 1.165) is 25.7 Å². The molecular weight excluding hydrogens is 272 g/mol. The first-order chi connectivity index (χ1) is 9.42. The average molecular weight is 296 g/mol. The summed E-state index contributed by atoms with van der Waals surface area (Å²) >= 11 is 0. The van der Waals surface area contributed by atoms with E-state index < -0.39 is 15.6 Å². The van der Waals surface area contributed by atoms with Gasteiger partial charge in [0, 0.05) is 19.1 Å². The molecule has 1 aromatic carbocycles. The molecule has 4 nitrogen and oxygen atoms in total. The second kappa shape index (κ2) is 5.84. The Morgan fingerprint density at radius 1 is 1.35 bits per heavy atom. The number of rotatable bonds is 4. The van der Waals surface area contributed by atoms with Gasteiger partial charge in [-0.2, -0.15) is 4.31 Å². The molecule has 0 heterocycles. The van der Waals surface area contributed by atoms with Gasteiger partial charge in [0.1, 0.15) is 0 Å². The highest BCUT2D eigenvalue weighted by atomic mass is 32.2. The van der Waals surface area contributed by atoms with Gasteiger partial charge in [-0.25, -0.2) is 8.42 Å². The van der Waals surface area contributed by atoms with Crippen LogP contribution in [0, 0.1) is 5.92 Å². The molecule has 0 amide bonds. The Balaban J connectivity index is 2.35. The number of likely N-dealkylation sites (N-methyl/N-ethyl adjacent to an activating group) is 1. The molecule has 5 heteroatoms. The third kappa shape index (κ3) is 2.75. The number of hydrogen-bond acceptors (Lipinski definition) is 3. The Kier molecular flexibility index (Phi) is 4.52. The monoisotopic (exact) mass is 296 g/mol. The standard InChI is InChI=1S/C15H24N2O2S/c1-13-7-6-10-15(11-13,12-16)17(2)20(18,19)14-8-4-3-5-9-14/h3-5,8-9,13H,6-7,10-12,16H2,1-2H3. The number of sulfonamides is 1. The van der Waals surface area contributed by atoms with Gasteiger partial charge in [0.25, 0.3) is 0 Å². The first kappa shape index (κ1) is 15.5. The van der Waals surface area contributed by atoms with Crippen molar-refractivity contribution in [2.75, 3.05) is 13.6 Å². The second-order valence-electron chi connectivity index (χ2n) is 5.92. The van der Waals surface area contributed by atoms with Gasteiger partial charge in [0.2, 0.25) is 10.0 Å². The van der Waals surface area contributed by atoms with E-state index in [4.69, 9.17) is 5.73 Å². The lowest BCUT2D eigenvalue weighted by Gasteiger charge is -2.45. The van der Waals surface area contributed by atoms with E-state index in [1.54, 1.807) is 31.3 Å². The molecule has 0 radical (unpaired) electrons. The largest absolute Gasteiger partial charge is 0.329 e. The van der Waals surface area contributed by atoms with Crippen LogP contribution in [0.4, 0.5) is 0 Å². The van der Waals surface area contributed by atoms with E-state index in [9.17, 15) is 8.42 Å². The smallest absolute Gasteiger partial charge is 0.243 e. The molecule has 112 valence electrons. The molecule has 20 heavy (non-hydrogen) atoms. The SMILES string of the molecule is CC1CCCC(CN)(N(C)S(=O)(=O)c2ccccc2)C1. The Labute approximate surface area is 122 Å². The van der Waals surface area contributed by atoms with E-state index in [-0.39, 0.29) is 0 Å². The van der Waals surface area contributed by atoms with Crippen LogP contribution in [0.3, 0.4) is 0 Å². The van der Waals surface area contributed by atoms with Crippen LogP contribution >= 0.6 is 0 Å². The lowest BCUT2D eigenvalue weighted by atomic mass is 9.76. The highest BCUT2D eigenvalue weighted by Crippen LogP contribution is 2.38. The van der Waals surface area contributed by atoms with Gasteiger partial charge in [-0.1, -0.05) is 38.0 Å². The topological polar surface area (TPSA) is 63.4 Å².